The van der Waals surface area contributed by atoms with Gasteiger partial charge in [-0.3, -0.25) is 4.84 Å². The summed E-state index contributed by atoms with van der Waals surface area (Å²) in [6.07, 6.45) is 1.43. The molecule has 0 aromatic rings. The topological polar surface area (TPSA) is 61.5 Å². The van der Waals surface area contributed by atoms with Gasteiger partial charge in [-0.1, -0.05) is 0 Å². The molecule has 1 aliphatic rings. The molecule has 0 spiro atoms. The maximum absolute atomic E-state index is 11.4. The highest BCUT2D eigenvalue weighted by molar-refractivity contribution is 5.75. The molecule has 0 aliphatic heterocycles. The Hall–Kier alpha value is -0.610. The smallest absolute Gasteiger partial charge is 0.338 e. The Kier molecular flexibility index (Phi) is 2.93. The van der Waals surface area contributed by atoms with Crippen molar-refractivity contribution in [2.24, 2.45) is 11.8 Å². The lowest BCUT2D eigenvalue weighted by Gasteiger charge is -2.22. The van der Waals surface area contributed by atoms with E-state index < -0.39 is 11.7 Å². The van der Waals surface area contributed by atoms with E-state index in [1.165, 1.54) is 0 Å². The fraction of sp³-hybridized carbons (Fsp3) is 0.889. The third-order valence-corrected chi connectivity index (χ3v) is 1.84. The van der Waals surface area contributed by atoms with Crippen LogP contribution in [0.3, 0.4) is 0 Å². The lowest BCUT2D eigenvalue weighted by atomic mass is 10.2. The van der Waals surface area contributed by atoms with Crippen LogP contribution in [0.25, 0.3) is 0 Å². The summed E-state index contributed by atoms with van der Waals surface area (Å²) in [7, 11) is 0. The first-order valence-electron chi connectivity index (χ1n) is 4.52. The van der Waals surface area contributed by atoms with Crippen LogP contribution in [0.4, 0.5) is 0 Å². The van der Waals surface area contributed by atoms with Crippen LogP contribution < -0.4 is 5.90 Å². The molecule has 1 saturated carbocycles. The van der Waals surface area contributed by atoms with Crippen LogP contribution in [-0.4, -0.2) is 17.7 Å². The highest BCUT2D eigenvalue weighted by Crippen LogP contribution is 2.34. The van der Waals surface area contributed by atoms with Crippen molar-refractivity contribution in [2.75, 3.05) is 0 Å². The molecule has 4 nitrogen and oxygen atoms in total. The first-order chi connectivity index (χ1) is 5.94. The van der Waals surface area contributed by atoms with Crippen LogP contribution in [-0.2, 0) is 14.4 Å². The molecular weight excluding hydrogens is 170 g/mol. The van der Waals surface area contributed by atoms with E-state index in [4.69, 9.17) is 10.6 Å². The van der Waals surface area contributed by atoms with Crippen molar-refractivity contribution in [1.29, 1.82) is 0 Å². The Morgan fingerprint density at radius 2 is 2.00 bits per heavy atom. The van der Waals surface area contributed by atoms with E-state index in [9.17, 15) is 4.79 Å². The van der Waals surface area contributed by atoms with Crippen LogP contribution in [0.2, 0.25) is 0 Å². The largest absolute Gasteiger partial charge is 0.458 e. The van der Waals surface area contributed by atoms with Gasteiger partial charge in [0.15, 0.2) is 6.10 Å². The van der Waals surface area contributed by atoms with Crippen LogP contribution in [0, 0.1) is 5.92 Å². The third-order valence-electron chi connectivity index (χ3n) is 1.84. The van der Waals surface area contributed by atoms with Crippen molar-refractivity contribution in [2.45, 2.75) is 45.3 Å². The van der Waals surface area contributed by atoms with Crippen LogP contribution >= 0.6 is 0 Å². The second kappa shape index (κ2) is 3.64. The van der Waals surface area contributed by atoms with Crippen LogP contribution in [0.15, 0.2) is 0 Å². The van der Waals surface area contributed by atoms with Crippen LogP contribution in [0.1, 0.15) is 33.6 Å². The summed E-state index contributed by atoms with van der Waals surface area (Å²) in [6.45, 7) is 5.47. The average Bonchev–Trinajstić information content (AvgIpc) is 2.68. The molecule has 1 rings (SSSR count). The monoisotopic (exact) mass is 187 g/mol. The van der Waals surface area contributed by atoms with Gasteiger partial charge in [0, 0.05) is 0 Å². The zero-order valence-corrected chi connectivity index (χ0v) is 8.37. The van der Waals surface area contributed by atoms with E-state index in [1.807, 2.05) is 20.8 Å². The molecule has 0 saturated heterocycles. The second-order valence-electron chi connectivity index (χ2n) is 4.43. The van der Waals surface area contributed by atoms with Gasteiger partial charge in [0.2, 0.25) is 0 Å². The minimum atomic E-state index is -0.570. The first-order valence-corrected chi connectivity index (χ1v) is 4.52. The number of carbonyl (C=O) groups excluding carboxylic acids is 1. The molecule has 0 unspecified atom stereocenters. The molecule has 0 radical (unpaired) electrons. The molecule has 0 aromatic carbocycles. The Bertz CT molecular complexity index is 194. The summed E-state index contributed by atoms with van der Waals surface area (Å²) >= 11 is 0. The number of carbonyl (C=O) groups is 1. The summed E-state index contributed by atoms with van der Waals surface area (Å²) in [6, 6.07) is 0. The Morgan fingerprint density at radius 3 is 2.31 bits per heavy atom. The number of nitrogens with two attached hydrogens (primary N) is 1. The Labute approximate surface area is 78.3 Å². The lowest BCUT2D eigenvalue weighted by molar-refractivity contribution is -0.170. The Balaban J connectivity index is 2.44. The van der Waals surface area contributed by atoms with Gasteiger partial charge >= 0.3 is 5.97 Å². The van der Waals surface area contributed by atoms with E-state index in [-0.39, 0.29) is 11.9 Å². The predicted molar refractivity (Wildman–Crippen MR) is 47.6 cm³/mol. The lowest BCUT2D eigenvalue weighted by Crippen LogP contribution is -2.36. The summed E-state index contributed by atoms with van der Waals surface area (Å²) in [4.78, 5) is 16.1. The number of esters is 1. The molecule has 0 heterocycles. The molecule has 0 aromatic heterocycles. The van der Waals surface area contributed by atoms with Gasteiger partial charge in [-0.15, -0.1) is 0 Å². The van der Waals surface area contributed by atoms with E-state index in [1.54, 1.807) is 0 Å². The van der Waals surface area contributed by atoms with E-state index >= 15 is 0 Å². The number of hydrogen-bond acceptors (Lipinski definition) is 4. The molecule has 1 aliphatic carbocycles. The molecule has 0 bridgehead atoms. The zero-order valence-electron chi connectivity index (χ0n) is 8.37. The quantitative estimate of drug-likeness (QED) is 0.529. The maximum atomic E-state index is 11.4. The SMILES string of the molecule is CC(C)(C)OC(=O)[C@H](ON)C1CC1. The summed E-state index contributed by atoms with van der Waals surface area (Å²) in [5, 5.41) is 0. The van der Waals surface area contributed by atoms with Crippen LogP contribution in [0.5, 0.6) is 0 Å². The molecule has 2 N–H and O–H groups in total. The van der Waals surface area contributed by atoms with E-state index in [0.717, 1.165) is 12.8 Å². The highest BCUT2D eigenvalue weighted by atomic mass is 16.7. The standard InChI is InChI=1S/C9H17NO3/c1-9(2,3)12-8(11)7(13-10)6-4-5-6/h6-7H,4-5,10H2,1-3H3/t7-/m1/s1. The molecule has 4 heteroatoms. The highest BCUT2D eigenvalue weighted by Gasteiger charge is 2.39. The molecule has 1 atom stereocenters. The second-order valence-corrected chi connectivity index (χ2v) is 4.43. The van der Waals surface area contributed by atoms with Gasteiger partial charge in [-0.25, -0.2) is 10.7 Å². The summed E-state index contributed by atoms with van der Waals surface area (Å²) in [5.74, 6) is 4.95. The van der Waals surface area contributed by atoms with Gasteiger partial charge in [-0.05, 0) is 39.5 Å². The van der Waals surface area contributed by atoms with Gasteiger partial charge in [-0.2, -0.15) is 0 Å². The molecular formula is C9H17NO3. The minimum Gasteiger partial charge on any atom is -0.458 e. The van der Waals surface area contributed by atoms with Crippen molar-refractivity contribution in [3.63, 3.8) is 0 Å². The fourth-order valence-corrected chi connectivity index (χ4v) is 1.12. The van der Waals surface area contributed by atoms with Crippen molar-refractivity contribution in [1.82, 2.24) is 0 Å². The minimum absolute atomic E-state index is 0.264. The van der Waals surface area contributed by atoms with Gasteiger partial charge in [0.25, 0.3) is 0 Å². The van der Waals surface area contributed by atoms with Crippen molar-refractivity contribution < 1.29 is 14.4 Å². The molecule has 13 heavy (non-hydrogen) atoms. The molecule has 0 amide bonds. The summed E-state index contributed by atoms with van der Waals surface area (Å²) < 4.78 is 5.15. The maximum Gasteiger partial charge on any atom is 0.338 e. The van der Waals surface area contributed by atoms with Crippen molar-refractivity contribution >= 4 is 5.97 Å². The van der Waals surface area contributed by atoms with E-state index in [0.29, 0.717) is 0 Å². The van der Waals surface area contributed by atoms with E-state index in [2.05, 4.69) is 4.84 Å². The molecule has 1 fully saturated rings. The normalized spacial score (nSPS) is 19.7. The third kappa shape index (κ3) is 3.32. The predicted octanol–water partition coefficient (Wildman–Crippen LogP) is 0.997. The number of hydrogen-bond donors (Lipinski definition) is 1. The van der Waals surface area contributed by atoms with Gasteiger partial charge in [0.1, 0.15) is 5.60 Å². The Morgan fingerprint density at radius 1 is 1.46 bits per heavy atom. The van der Waals surface area contributed by atoms with Crippen molar-refractivity contribution in [3.05, 3.63) is 0 Å². The fourth-order valence-electron chi connectivity index (χ4n) is 1.12. The van der Waals surface area contributed by atoms with Gasteiger partial charge < -0.3 is 4.74 Å². The van der Waals surface area contributed by atoms with Crippen molar-refractivity contribution in [3.8, 4) is 0 Å². The zero-order chi connectivity index (χ0) is 10.1. The summed E-state index contributed by atoms with van der Waals surface area (Å²) in [5.41, 5.74) is -0.469. The first kappa shape index (κ1) is 10.5. The number of rotatable bonds is 3. The molecule has 76 valence electrons. The number of ether oxygens (including phenoxy) is 1. The van der Waals surface area contributed by atoms with Gasteiger partial charge in [0.05, 0.1) is 0 Å². The average molecular weight is 187 g/mol.